The van der Waals surface area contributed by atoms with Crippen molar-refractivity contribution in [3.63, 3.8) is 0 Å². The Morgan fingerprint density at radius 2 is 2.17 bits per heavy atom. The second-order valence-electron chi connectivity index (χ2n) is 3.59. The van der Waals surface area contributed by atoms with Gasteiger partial charge in [-0.25, -0.2) is 0 Å². The second kappa shape index (κ2) is 4.80. The van der Waals surface area contributed by atoms with Crippen molar-refractivity contribution >= 4 is 0 Å². The van der Waals surface area contributed by atoms with Crippen molar-refractivity contribution in [2.75, 3.05) is 20.5 Å². The Kier molecular flexibility index (Phi) is 3.98. The average Bonchev–Trinajstić information content (AvgIpc) is 2.43. The van der Waals surface area contributed by atoms with Gasteiger partial charge in [0.05, 0.1) is 6.10 Å². The minimum absolute atomic E-state index is 0.286. The van der Waals surface area contributed by atoms with Gasteiger partial charge in [0.2, 0.25) is 0 Å². The molecule has 0 spiro atoms. The first-order valence-electron chi connectivity index (χ1n) is 4.49. The summed E-state index contributed by atoms with van der Waals surface area (Å²) in [4.78, 5) is 0. The van der Waals surface area contributed by atoms with Gasteiger partial charge in [0, 0.05) is 13.7 Å². The van der Waals surface area contributed by atoms with Gasteiger partial charge in [-0.1, -0.05) is 6.92 Å². The molecule has 0 unspecified atom stereocenters. The molecular formula is C9H18O3. The fourth-order valence-electron chi connectivity index (χ4n) is 1.83. The maximum atomic E-state index is 8.99. The SMILES string of the molecule is COCO[C@H]1C[C@H](CO)[C@@H](C)C1. The first-order valence-corrected chi connectivity index (χ1v) is 4.49. The molecule has 0 amide bonds. The van der Waals surface area contributed by atoms with Crippen molar-refractivity contribution in [1.29, 1.82) is 0 Å². The molecule has 1 aliphatic carbocycles. The largest absolute Gasteiger partial charge is 0.396 e. The van der Waals surface area contributed by atoms with Crippen LogP contribution in [-0.2, 0) is 9.47 Å². The molecule has 0 aliphatic heterocycles. The fraction of sp³-hybridized carbons (Fsp3) is 1.00. The highest BCUT2D eigenvalue weighted by Gasteiger charge is 2.31. The third kappa shape index (κ3) is 2.44. The minimum Gasteiger partial charge on any atom is -0.396 e. The van der Waals surface area contributed by atoms with Gasteiger partial charge < -0.3 is 14.6 Å². The normalized spacial score (nSPS) is 35.8. The van der Waals surface area contributed by atoms with Crippen LogP contribution in [0.4, 0.5) is 0 Å². The van der Waals surface area contributed by atoms with Gasteiger partial charge in [0.25, 0.3) is 0 Å². The summed E-state index contributed by atoms with van der Waals surface area (Å²) in [7, 11) is 1.63. The number of hydrogen-bond acceptors (Lipinski definition) is 3. The van der Waals surface area contributed by atoms with Gasteiger partial charge in [0.1, 0.15) is 6.79 Å². The molecule has 0 aromatic carbocycles. The molecule has 1 aliphatic rings. The number of methoxy groups -OCH3 is 1. The maximum Gasteiger partial charge on any atom is 0.146 e. The van der Waals surface area contributed by atoms with Crippen LogP contribution in [0.15, 0.2) is 0 Å². The summed E-state index contributed by atoms with van der Waals surface area (Å²) in [5.41, 5.74) is 0. The van der Waals surface area contributed by atoms with Gasteiger partial charge in [-0.3, -0.25) is 0 Å². The van der Waals surface area contributed by atoms with Crippen molar-refractivity contribution in [3.8, 4) is 0 Å². The molecule has 0 radical (unpaired) electrons. The van der Waals surface area contributed by atoms with Crippen LogP contribution in [0.1, 0.15) is 19.8 Å². The van der Waals surface area contributed by atoms with Crippen LogP contribution in [-0.4, -0.2) is 31.7 Å². The molecule has 72 valence electrons. The van der Waals surface area contributed by atoms with Crippen molar-refractivity contribution < 1.29 is 14.6 Å². The van der Waals surface area contributed by atoms with Gasteiger partial charge in [-0.15, -0.1) is 0 Å². The van der Waals surface area contributed by atoms with Crippen LogP contribution in [0.3, 0.4) is 0 Å². The van der Waals surface area contributed by atoms with Crippen molar-refractivity contribution in [3.05, 3.63) is 0 Å². The smallest absolute Gasteiger partial charge is 0.146 e. The van der Waals surface area contributed by atoms with Crippen LogP contribution in [0.25, 0.3) is 0 Å². The molecule has 3 heteroatoms. The zero-order valence-electron chi connectivity index (χ0n) is 7.82. The molecule has 12 heavy (non-hydrogen) atoms. The van der Waals surface area contributed by atoms with Crippen molar-refractivity contribution in [2.45, 2.75) is 25.9 Å². The zero-order chi connectivity index (χ0) is 8.97. The fourth-order valence-corrected chi connectivity index (χ4v) is 1.83. The van der Waals surface area contributed by atoms with E-state index in [4.69, 9.17) is 14.6 Å². The molecule has 0 bridgehead atoms. The molecule has 1 saturated carbocycles. The summed E-state index contributed by atoms with van der Waals surface area (Å²) < 4.78 is 10.2. The predicted octanol–water partition coefficient (Wildman–Crippen LogP) is 1.01. The van der Waals surface area contributed by atoms with Crippen LogP contribution < -0.4 is 0 Å². The van der Waals surface area contributed by atoms with Crippen LogP contribution in [0.2, 0.25) is 0 Å². The Hall–Kier alpha value is -0.120. The highest BCUT2D eigenvalue weighted by Crippen LogP contribution is 2.32. The first kappa shape index (κ1) is 9.96. The second-order valence-corrected chi connectivity index (χ2v) is 3.59. The Labute approximate surface area is 73.7 Å². The van der Waals surface area contributed by atoms with E-state index in [1.165, 1.54) is 0 Å². The van der Waals surface area contributed by atoms with Crippen LogP contribution in [0, 0.1) is 11.8 Å². The van der Waals surface area contributed by atoms with Gasteiger partial charge >= 0.3 is 0 Å². The summed E-state index contributed by atoms with van der Waals surface area (Å²) in [6.45, 7) is 2.82. The Bertz CT molecular complexity index is 127. The summed E-state index contributed by atoms with van der Waals surface area (Å²) in [5.74, 6) is 1.00. The van der Waals surface area contributed by atoms with E-state index < -0.39 is 0 Å². The number of aliphatic hydroxyl groups is 1. The summed E-state index contributed by atoms with van der Waals surface area (Å²) in [6.07, 6.45) is 2.31. The van der Waals surface area contributed by atoms with E-state index in [0.29, 0.717) is 18.6 Å². The predicted molar refractivity (Wildman–Crippen MR) is 45.7 cm³/mol. The summed E-state index contributed by atoms with van der Waals surface area (Å²) in [6, 6.07) is 0. The molecule has 1 rings (SSSR count). The van der Waals surface area contributed by atoms with E-state index in [2.05, 4.69) is 6.92 Å². The third-order valence-electron chi connectivity index (χ3n) is 2.66. The van der Waals surface area contributed by atoms with Crippen molar-refractivity contribution in [1.82, 2.24) is 0 Å². The molecular weight excluding hydrogens is 156 g/mol. The monoisotopic (exact) mass is 174 g/mol. The highest BCUT2D eigenvalue weighted by molar-refractivity contribution is 4.80. The Morgan fingerprint density at radius 3 is 2.67 bits per heavy atom. The molecule has 0 aromatic rings. The molecule has 0 heterocycles. The molecule has 3 nitrogen and oxygen atoms in total. The molecule has 0 aromatic heterocycles. The van der Waals surface area contributed by atoms with Gasteiger partial charge in [-0.2, -0.15) is 0 Å². The number of hydrogen-bond donors (Lipinski definition) is 1. The van der Waals surface area contributed by atoms with E-state index in [1.807, 2.05) is 0 Å². The lowest BCUT2D eigenvalue weighted by Gasteiger charge is -2.10. The highest BCUT2D eigenvalue weighted by atomic mass is 16.7. The molecule has 1 fully saturated rings. The first-order chi connectivity index (χ1) is 5.77. The number of rotatable bonds is 4. The van der Waals surface area contributed by atoms with Gasteiger partial charge in [0.15, 0.2) is 0 Å². The Morgan fingerprint density at radius 1 is 1.42 bits per heavy atom. The lowest BCUT2D eigenvalue weighted by Crippen LogP contribution is -2.11. The molecule has 0 saturated heterocycles. The van der Waals surface area contributed by atoms with E-state index in [1.54, 1.807) is 7.11 Å². The minimum atomic E-state index is 0.286. The van der Waals surface area contributed by atoms with Crippen molar-refractivity contribution in [2.24, 2.45) is 11.8 Å². The zero-order valence-corrected chi connectivity index (χ0v) is 7.82. The van der Waals surface area contributed by atoms with E-state index in [-0.39, 0.29) is 12.7 Å². The molecule has 1 N–H and O–H groups in total. The standard InChI is InChI=1S/C9H18O3/c1-7-3-9(12-6-11-2)4-8(7)5-10/h7-10H,3-6H2,1-2H3/t7-,8+,9+/m0/s1. The lowest BCUT2D eigenvalue weighted by atomic mass is 10.00. The molecule has 3 atom stereocenters. The number of ether oxygens (including phenoxy) is 2. The van der Waals surface area contributed by atoms with E-state index in [0.717, 1.165) is 12.8 Å². The van der Waals surface area contributed by atoms with Crippen LogP contribution >= 0.6 is 0 Å². The summed E-state index contributed by atoms with van der Waals surface area (Å²) in [5, 5.41) is 8.99. The van der Waals surface area contributed by atoms with Crippen LogP contribution in [0.5, 0.6) is 0 Å². The maximum absolute atomic E-state index is 8.99. The topological polar surface area (TPSA) is 38.7 Å². The van der Waals surface area contributed by atoms with Gasteiger partial charge in [-0.05, 0) is 24.7 Å². The average molecular weight is 174 g/mol. The number of aliphatic hydroxyl groups excluding tert-OH is 1. The Balaban J connectivity index is 2.23. The summed E-state index contributed by atoms with van der Waals surface area (Å²) >= 11 is 0. The third-order valence-corrected chi connectivity index (χ3v) is 2.66. The van der Waals surface area contributed by atoms with E-state index >= 15 is 0 Å². The van der Waals surface area contributed by atoms with E-state index in [9.17, 15) is 0 Å². The lowest BCUT2D eigenvalue weighted by molar-refractivity contribution is -0.0708. The quantitative estimate of drug-likeness (QED) is 0.646.